The molecular weight excluding hydrogens is 327 g/mol. The molecule has 2 rings (SSSR count). The first-order valence-corrected chi connectivity index (χ1v) is 7.92. The van der Waals surface area contributed by atoms with Crippen LogP contribution in [-0.4, -0.2) is 24.3 Å². The smallest absolute Gasteiger partial charge is 0.627 e. The van der Waals surface area contributed by atoms with Gasteiger partial charge in [0, 0.05) is 11.4 Å². The molecule has 1 aromatic carbocycles. The summed E-state index contributed by atoms with van der Waals surface area (Å²) in [7, 11) is -3.79. The summed E-state index contributed by atoms with van der Waals surface area (Å²) in [5, 5.41) is 3.71. The first-order chi connectivity index (χ1) is 10.3. The van der Waals surface area contributed by atoms with Crippen molar-refractivity contribution >= 4 is 27.6 Å². The number of aryl methyl sites for hydroxylation is 2. The summed E-state index contributed by atoms with van der Waals surface area (Å²) in [5.41, 5.74) is 1.73. The fraction of sp³-hybridized carbons (Fsp3) is 0.214. The molecule has 0 aliphatic heterocycles. The molecule has 2 aromatic rings. The van der Waals surface area contributed by atoms with Gasteiger partial charge in [0.15, 0.2) is 0 Å². The molecule has 0 saturated carbocycles. The van der Waals surface area contributed by atoms with Crippen LogP contribution in [0.2, 0.25) is 0 Å². The molecule has 1 amide bonds. The van der Waals surface area contributed by atoms with Crippen LogP contribution in [0, 0.1) is 13.8 Å². The molecule has 7 nitrogen and oxygen atoms in total. The maximum atomic E-state index is 12.3. The molecule has 0 aliphatic rings. The Morgan fingerprint density at radius 1 is 1.09 bits per heavy atom. The molecule has 0 bridgehead atoms. The van der Waals surface area contributed by atoms with E-state index in [2.05, 4.69) is 20.0 Å². The number of rotatable bonds is 4. The van der Waals surface area contributed by atoms with Crippen LogP contribution in [0.1, 0.15) is 18.3 Å². The Morgan fingerprint density at radius 3 is 2.09 bits per heavy atom. The van der Waals surface area contributed by atoms with E-state index in [1.165, 1.54) is 31.2 Å². The molecule has 0 atom stereocenters. The zero-order chi connectivity index (χ0) is 16.3. The number of amides is 1. The number of carbonyl (C=O) groups excluding carboxylic acids is 1. The quantitative estimate of drug-likeness (QED) is 0.751. The molecule has 0 saturated heterocycles. The SMILES string of the molecule is CC(=O)[N-]c1ccc(S(=O)(=O)Nc2nc(C)cc(C)n2)cc1.[Na+]. The van der Waals surface area contributed by atoms with Crippen molar-refractivity contribution in [3.8, 4) is 0 Å². The van der Waals surface area contributed by atoms with Crippen molar-refractivity contribution in [2.45, 2.75) is 25.7 Å². The Bertz CT molecular complexity index is 787. The fourth-order valence-corrected chi connectivity index (χ4v) is 2.78. The number of carbonyl (C=O) groups is 1. The van der Waals surface area contributed by atoms with Crippen molar-refractivity contribution in [2.75, 3.05) is 4.72 Å². The Morgan fingerprint density at radius 2 is 1.61 bits per heavy atom. The van der Waals surface area contributed by atoms with Gasteiger partial charge in [0.25, 0.3) is 10.0 Å². The second-order valence-corrected chi connectivity index (χ2v) is 6.39. The maximum Gasteiger partial charge on any atom is 1.00 e. The molecule has 23 heavy (non-hydrogen) atoms. The largest absolute Gasteiger partial charge is 1.00 e. The van der Waals surface area contributed by atoms with E-state index < -0.39 is 10.0 Å². The Balaban J connectivity index is 0.00000264. The number of hydrogen-bond donors (Lipinski definition) is 1. The van der Waals surface area contributed by atoms with Crippen molar-refractivity contribution in [1.29, 1.82) is 0 Å². The molecule has 116 valence electrons. The van der Waals surface area contributed by atoms with Gasteiger partial charge in [-0.05, 0) is 39.0 Å². The molecule has 0 aliphatic carbocycles. The van der Waals surface area contributed by atoms with Crippen molar-refractivity contribution in [1.82, 2.24) is 9.97 Å². The van der Waals surface area contributed by atoms with Gasteiger partial charge in [-0.3, -0.25) is 0 Å². The van der Waals surface area contributed by atoms with Crippen LogP contribution in [0.25, 0.3) is 5.32 Å². The van der Waals surface area contributed by atoms with Crippen LogP contribution in [0.15, 0.2) is 35.2 Å². The van der Waals surface area contributed by atoms with E-state index in [1.54, 1.807) is 19.9 Å². The number of anilines is 1. The van der Waals surface area contributed by atoms with Gasteiger partial charge in [0.1, 0.15) is 0 Å². The molecule has 0 spiro atoms. The third-order valence-corrected chi connectivity index (χ3v) is 3.99. The number of nitrogens with one attached hydrogen (secondary N) is 1. The number of aromatic nitrogens is 2. The van der Waals surface area contributed by atoms with Crippen LogP contribution in [0.4, 0.5) is 11.6 Å². The van der Waals surface area contributed by atoms with Gasteiger partial charge in [-0.1, -0.05) is 12.1 Å². The van der Waals surface area contributed by atoms with Gasteiger partial charge in [-0.2, -0.15) is 0 Å². The molecule has 1 aromatic heterocycles. The van der Waals surface area contributed by atoms with Crippen molar-refractivity contribution in [3.05, 3.63) is 47.0 Å². The topological polar surface area (TPSA) is 103 Å². The van der Waals surface area contributed by atoms with E-state index in [0.29, 0.717) is 17.1 Å². The normalized spacial score (nSPS) is 10.6. The summed E-state index contributed by atoms with van der Waals surface area (Å²) in [5.74, 6) is -0.327. The summed E-state index contributed by atoms with van der Waals surface area (Å²) in [6, 6.07) is 7.39. The predicted octanol–water partition coefficient (Wildman–Crippen LogP) is -0.550. The predicted molar refractivity (Wildman–Crippen MR) is 82.5 cm³/mol. The fourth-order valence-electron chi connectivity index (χ4n) is 1.83. The summed E-state index contributed by atoms with van der Waals surface area (Å²) < 4.78 is 26.9. The third kappa shape index (κ3) is 5.58. The van der Waals surface area contributed by atoms with E-state index in [1.807, 2.05) is 0 Å². The summed E-state index contributed by atoms with van der Waals surface area (Å²) in [6.07, 6.45) is 0. The van der Waals surface area contributed by atoms with E-state index in [0.717, 1.165) is 0 Å². The van der Waals surface area contributed by atoms with Crippen molar-refractivity contribution in [3.63, 3.8) is 0 Å². The van der Waals surface area contributed by atoms with E-state index in [9.17, 15) is 13.2 Å². The van der Waals surface area contributed by atoms with Gasteiger partial charge in [-0.15, -0.1) is 5.69 Å². The number of sulfonamides is 1. The van der Waals surface area contributed by atoms with Crippen LogP contribution in [0.3, 0.4) is 0 Å². The Labute approximate surface area is 157 Å². The second kappa shape index (κ2) is 7.87. The monoisotopic (exact) mass is 342 g/mol. The molecule has 0 fully saturated rings. The Hall–Kier alpha value is -1.48. The Kier molecular flexibility index (Phi) is 6.69. The third-order valence-electron chi connectivity index (χ3n) is 2.64. The summed E-state index contributed by atoms with van der Waals surface area (Å²) in [6.45, 7) is 4.83. The minimum atomic E-state index is -3.79. The van der Waals surface area contributed by atoms with E-state index in [-0.39, 0.29) is 46.3 Å². The maximum absolute atomic E-state index is 12.3. The van der Waals surface area contributed by atoms with Crippen molar-refractivity contribution in [2.24, 2.45) is 0 Å². The van der Waals surface area contributed by atoms with Crippen LogP contribution in [0.5, 0.6) is 0 Å². The first-order valence-electron chi connectivity index (χ1n) is 6.44. The van der Waals surface area contributed by atoms with E-state index in [4.69, 9.17) is 0 Å². The molecular formula is C14H15N4NaO3S. The van der Waals surface area contributed by atoms with Crippen LogP contribution < -0.4 is 34.3 Å². The summed E-state index contributed by atoms with van der Waals surface area (Å²) >= 11 is 0. The van der Waals surface area contributed by atoms with Gasteiger partial charge < -0.3 is 10.1 Å². The zero-order valence-corrected chi connectivity index (χ0v) is 16.2. The molecule has 1 heterocycles. The second-order valence-electron chi connectivity index (χ2n) is 4.70. The minimum absolute atomic E-state index is 0. The van der Waals surface area contributed by atoms with Crippen LogP contribution in [-0.2, 0) is 14.8 Å². The molecule has 1 N–H and O–H groups in total. The minimum Gasteiger partial charge on any atom is -0.627 e. The van der Waals surface area contributed by atoms with Gasteiger partial charge in [0.05, 0.1) is 10.8 Å². The average molecular weight is 342 g/mol. The standard InChI is InChI=1S/C14H16N4O3S.Na/c1-9-8-10(2)16-14(15-9)18-22(20,21)13-6-4-12(5-7-13)17-11(3)19;/h4-8H,1-3H3,(H2,15,16,17,18,19);/q;+1/p-1. The number of hydrogen-bond acceptors (Lipinski definition) is 5. The number of benzene rings is 1. The van der Waals surface area contributed by atoms with Gasteiger partial charge in [0.2, 0.25) is 5.95 Å². The molecule has 0 radical (unpaired) electrons. The summed E-state index contributed by atoms with van der Waals surface area (Å²) in [4.78, 5) is 19.0. The molecule has 0 unspecified atom stereocenters. The average Bonchev–Trinajstić information content (AvgIpc) is 2.36. The first kappa shape index (κ1) is 19.6. The van der Waals surface area contributed by atoms with Crippen LogP contribution >= 0.6 is 0 Å². The van der Waals surface area contributed by atoms with Gasteiger partial charge >= 0.3 is 29.6 Å². The van der Waals surface area contributed by atoms with E-state index >= 15 is 0 Å². The van der Waals surface area contributed by atoms with Gasteiger partial charge in [-0.25, -0.2) is 23.1 Å². The number of nitrogens with zero attached hydrogens (tertiary/aromatic N) is 3. The van der Waals surface area contributed by atoms with Crippen molar-refractivity contribution < 1.29 is 42.8 Å². The zero-order valence-electron chi connectivity index (χ0n) is 13.4. The molecule has 9 heteroatoms.